The van der Waals surface area contributed by atoms with Crippen LogP contribution in [0.15, 0.2) is 48.5 Å². The van der Waals surface area contributed by atoms with Crippen LogP contribution in [-0.4, -0.2) is 47.6 Å². The maximum Gasteiger partial charge on any atom is 0.314 e. The molecule has 0 aliphatic rings. The van der Waals surface area contributed by atoms with Crippen LogP contribution in [0, 0.1) is 0 Å². The van der Waals surface area contributed by atoms with Crippen molar-refractivity contribution in [2.24, 2.45) is 0 Å². The number of phenolic OH excluding ortho intramolecular Hbond substituents is 1. The molecule has 28 heavy (non-hydrogen) atoms. The van der Waals surface area contributed by atoms with Crippen LogP contribution in [0.5, 0.6) is 5.75 Å². The number of para-hydroxylation sites is 1. The van der Waals surface area contributed by atoms with Gasteiger partial charge in [-0.05, 0) is 62.8 Å². The predicted molar refractivity (Wildman–Crippen MR) is 112 cm³/mol. The van der Waals surface area contributed by atoms with Crippen LogP contribution in [0.25, 0.3) is 0 Å². The van der Waals surface area contributed by atoms with E-state index in [1.54, 1.807) is 48.5 Å². The van der Waals surface area contributed by atoms with Gasteiger partial charge in [-0.3, -0.25) is 9.59 Å². The molecule has 0 fully saturated rings. The number of nitrogens with zero attached hydrogens (tertiary/aromatic N) is 1. The summed E-state index contributed by atoms with van der Waals surface area (Å²) in [5.41, 5.74) is 0.636. The van der Waals surface area contributed by atoms with Crippen molar-refractivity contribution >= 4 is 30.0 Å². The second-order valence-corrected chi connectivity index (χ2v) is 7.00. The standard InChI is InChI=1S/C21H26N2O4.ClH/c1-15(24)22-18-10-8-17(9-11-18)21(20(26)27,12-13-23(2)3)14-16-6-4-5-7-19(16)25;/h4-11,25H,12-14H2,1-3H3,(H,22,24)(H,26,27);1H. The molecule has 0 saturated carbocycles. The lowest BCUT2D eigenvalue weighted by atomic mass is 9.72. The fourth-order valence-corrected chi connectivity index (χ4v) is 3.12. The van der Waals surface area contributed by atoms with Crippen molar-refractivity contribution < 1.29 is 19.8 Å². The molecule has 2 aromatic carbocycles. The van der Waals surface area contributed by atoms with Gasteiger partial charge >= 0.3 is 5.97 Å². The second kappa shape index (κ2) is 10.1. The van der Waals surface area contributed by atoms with Crippen LogP contribution in [0.1, 0.15) is 24.5 Å². The molecular weight excluding hydrogens is 380 g/mol. The molecule has 0 bridgehead atoms. The first-order valence-electron chi connectivity index (χ1n) is 8.78. The van der Waals surface area contributed by atoms with Crippen LogP contribution in [0.4, 0.5) is 5.69 Å². The SMILES string of the molecule is CC(=O)Nc1ccc(C(CCN(C)C)(Cc2ccccc2O)C(=O)O)cc1.Cl. The summed E-state index contributed by atoms with van der Waals surface area (Å²) in [6, 6.07) is 13.7. The first kappa shape index (κ1) is 23.5. The van der Waals surface area contributed by atoms with Crippen LogP contribution < -0.4 is 5.32 Å². The molecule has 0 aliphatic carbocycles. The van der Waals surface area contributed by atoms with Gasteiger partial charge in [0.1, 0.15) is 5.75 Å². The van der Waals surface area contributed by atoms with Crippen molar-refractivity contribution in [2.75, 3.05) is 26.0 Å². The van der Waals surface area contributed by atoms with E-state index >= 15 is 0 Å². The molecule has 1 unspecified atom stereocenters. The number of phenols is 1. The Morgan fingerprint density at radius 2 is 1.68 bits per heavy atom. The number of anilines is 1. The van der Waals surface area contributed by atoms with E-state index in [1.807, 2.05) is 19.0 Å². The molecule has 152 valence electrons. The van der Waals surface area contributed by atoms with Crippen molar-refractivity contribution in [2.45, 2.75) is 25.2 Å². The summed E-state index contributed by atoms with van der Waals surface area (Å²) in [6.07, 6.45) is 0.547. The Morgan fingerprint density at radius 3 is 2.18 bits per heavy atom. The topological polar surface area (TPSA) is 89.9 Å². The highest BCUT2D eigenvalue weighted by Crippen LogP contribution is 2.36. The van der Waals surface area contributed by atoms with Crippen molar-refractivity contribution in [3.05, 3.63) is 59.7 Å². The number of hydrogen-bond acceptors (Lipinski definition) is 4. The van der Waals surface area contributed by atoms with Crippen LogP contribution >= 0.6 is 12.4 Å². The molecule has 2 aromatic rings. The average molecular weight is 407 g/mol. The quantitative estimate of drug-likeness (QED) is 0.625. The molecule has 2 rings (SSSR count). The van der Waals surface area contributed by atoms with Crippen molar-refractivity contribution in [1.82, 2.24) is 4.90 Å². The third-order valence-electron chi connectivity index (χ3n) is 4.64. The number of nitrogens with one attached hydrogen (secondary N) is 1. The van der Waals surface area contributed by atoms with Gasteiger partial charge in [0, 0.05) is 12.6 Å². The van der Waals surface area contributed by atoms with Crippen molar-refractivity contribution in [3.63, 3.8) is 0 Å². The highest BCUT2D eigenvalue weighted by Gasteiger charge is 2.41. The van der Waals surface area contributed by atoms with Gasteiger partial charge in [0.2, 0.25) is 5.91 Å². The molecule has 3 N–H and O–H groups in total. The Bertz CT molecular complexity index is 808. The Labute approximate surface area is 171 Å². The molecule has 1 amide bonds. The third-order valence-corrected chi connectivity index (χ3v) is 4.64. The van der Waals surface area contributed by atoms with Gasteiger partial charge in [-0.1, -0.05) is 30.3 Å². The van der Waals surface area contributed by atoms with E-state index < -0.39 is 11.4 Å². The summed E-state index contributed by atoms with van der Waals surface area (Å²) >= 11 is 0. The molecule has 0 radical (unpaired) electrons. The minimum absolute atomic E-state index is 0. The van der Waals surface area contributed by atoms with Gasteiger partial charge in [-0.2, -0.15) is 0 Å². The minimum atomic E-state index is -1.20. The van der Waals surface area contributed by atoms with E-state index in [0.29, 0.717) is 29.8 Å². The molecule has 0 saturated heterocycles. The highest BCUT2D eigenvalue weighted by molar-refractivity contribution is 5.89. The number of aliphatic carboxylic acids is 1. The zero-order valence-corrected chi connectivity index (χ0v) is 17.1. The fraction of sp³-hybridized carbons (Fsp3) is 0.333. The Hall–Kier alpha value is -2.57. The zero-order chi connectivity index (χ0) is 20.0. The number of hydrogen-bond donors (Lipinski definition) is 3. The Morgan fingerprint density at radius 1 is 1.07 bits per heavy atom. The first-order valence-corrected chi connectivity index (χ1v) is 8.78. The molecule has 0 spiro atoms. The van der Waals surface area contributed by atoms with Crippen LogP contribution in [-0.2, 0) is 21.4 Å². The van der Waals surface area contributed by atoms with E-state index in [4.69, 9.17) is 0 Å². The zero-order valence-electron chi connectivity index (χ0n) is 16.3. The smallest absolute Gasteiger partial charge is 0.314 e. The van der Waals surface area contributed by atoms with Crippen molar-refractivity contribution in [3.8, 4) is 5.75 Å². The number of aromatic hydroxyl groups is 1. The van der Waals surface area contributed by atoms with Crippen molar-refractivity contribution in [1.29, 1.82) is 0 Å². The van der Waals surface area contributed by atoms with Gasteiger partial charge in [0.15, 0.2) is 0 Å². The number of benzene rings is 2. The largest absolute Gasteiger partial charge is 0.508 e. The number of rotatable bonds is 8. The summed E-state index contributed by atoms with van der Waals surface area (Å²) < 4.78 is 0. The monoisotopic (exact) mass is 406 g/mol. The molecule has 0 aliphatic heterocycles. The van der Waals surface area contributed by atoms with Gasteiger partial charge in [0.05, 0.1) is 5.41 Å². The lowest BCUT2D eigenvalue weighted by Gasteiger charge is -2.32. The van der Waals surface area contributed by atoms with E-state index in [2.05, 4.69) is 5.32 Å². The Kier molecular flexibility index (Phi) is 8.47. The normalized spacial score (nSPS) is 12.7. The van der Waals surface area contributed by atoms with Crippen LogP contribution in [0.2, 0.25) is 0 Å². The van der Waals surface area contributed by atoms with E-state index in [-0.39, 0.29) is 30.5 Å². The summed E-state index contributed by atoms with van der Waals surface area (Å²) in [5, 5.41) is 23.0. The van der Waals surface area contributed by atoms with Gasteiger partial charge < -0.3 is 20.4 Å². The van der Waals surface area contributed by atoms with Gasteiger partial charge in [0.25, 0.3) is 0 Å². The number of amides is 1. The minimum Gasteiger partial charge on any atom is -0.508 e. The molecule has 0 heterocycles. The average Bonchev–Trinajstić information content (AvgIpc) is 2.60. The summed E-state index contributed by atoms with van der Waals surface area (Å²) in [4.78, 5) is 25.6. The van der Waals surface area contributed by atoms with Gasteiger partial charge in [-0.25, -0.2) is 0 Å². The van der Waals surface area contributed by atoms with E-state index in [1.165, 1.54) is 6.92 Å². The number of halogens is 1. The third kappa shape index (κ3) is 5.71. The number of carboxylic acid groups (broad SMARTS) is 1. The molecule has 6 nitrogen and oxygen atoms in total. The molecular formula is C21H27ClN2O4. The second-order valence-electron chi connectivity index (χ2n) is 7.00. The number of carboxylic acids is 1. The summed E-state index contributed by atoms with van der Waals surface area (Å²) in [5.74, 6) is -1.04. The summed E-state index contributed by atoms with van der Waals surface area (Å²) in [6.45, 7) is 2.00. The number of carbonyl (C=O) groups is 2. The fourth-order valence-electron chi connectivity index (χ4n) is 3.12. The summed E-state index contributed by atoms with van der Waals surface area (Å²) in [7, 11) is 3.79. The van der Waals surface area contributed by atoms with E-state index in [0.717, 1.165) is 0 Å². The molecule has 7 heteroatoms. The maximum absolute atomic E-state index is 12.4. The highest BCUT2D eigenvalue weighted by atomic mass is 35.5. The Balaban J connectivity index is 0.00000392. The van der Waals surface area contributed by atoms with Crippen LogP contribution in [0.3, 0.4) is 0 Å². The first-order chi connectivity index (χ1) is 12.7. The lowest BCUT2D eigenvalue weighted by molar-refractivity contribution is -0.144. The number of carbonyl (C=O) groups excluding carboxylic acids is 1. The van der Waals surface area contributed by atoms with Gasteiger partial charge in [-0.15, -0.1) is 12.4 Å². The lowest BCUT2D eigenvalue weighted by Crippen LogP contribution is -2.40. The maximum atomic E-state index is 12.4. The predicted octanol–water partition coefficient (Wildman–Crippen LogP) is 3.29. The molecule has 0 aromatic heterocycles. The molecule has 1 atom stereocenters. The van der Waals surface area contributed by atoms with E-state index in [9.17, 15) is 19.8 Å².